The molecule has 90 valence electrons. The second kappa shape index (κ2) is 4.11. The van der Waals surface area contributed by atoms with Crippen molar-refractivity contribution in [1.29, 1.82) is 0 Å². The Morgan fingerprint density at radius 3 is 2.94 bits per heavy atom. The summed E-state index contributed by atoms with van der Waals surface area (Å²) in [5.41, 5.74) is 1.46. The Morgan fingerprint density at radius 2 is 2.24 bits per heavy atom. The molecule has 0 bridgehead atoms. The highest BCUT2D eigenvalue weighted by Crippen LogP contribution is 2.32. The van der Waals surface area contributed by atoms with Gasteiger partial charge in [-0.15, -0.1) is 0 Å². The largest absolute Gasteiger partial charge is 0.324 e. The number of carbonyl (C=O) groups excluding carboxylic acids is 1. The van der Waals surface area contributed by atoms with Gasteiger partial charge in [0.25, 0.3) is 0 Å². The average Bonchev–Trinajstić information content (AvgIpc) is 2.52. The second-order valence-corrected chi connectivity index (χ2v) is 4.86. The molecular weight excluding hydrogens is 219 g/mol. The zero-order valence-corrected chi connectivity index (χ0v) is 9.50. The Bertz CT molecular complexity index is 457. The number of benzene rings is 1. The summed E-state index contributed by atoms with van der Waals surface area (Å²) in [5.74, 6) is 0.306. The number of carbonyl (C=O) groups is 1. The molecule has 0 radical (unpaired) electrons. The van der Waals surface area contributed by atoms with Crippen molar-refractivity contribution in [2.24, 2.45) is 5.92 Å². The fourth-order valence-corrected chi connectivity index (χ4v) is 2.42. The number of rotatable bonds is 3. The second-order valence-electron chi connectivity index (χ2n) is 4.86. The van der Waals surface area contributed by atoms with Crippen molar-refractivity contribution in [3.05, 3.63) is 29.6 Å². The SMILES string of the molecule is O=C1Nc2cc(F)ccc2C1NCC1CCC1. The van der Waals surface area contributed by atoms with Crippen LogP contribution >= 0.6 is 0 Å². The molecule has 4 heteroatoms. The van der Waals surface area contributed by atoms with Gasteiger partial charge in [0, 0.05) is 11.3 Å². The Balaban J connectivity index is 1.74. The molecule has 3 nitrogen and oxygen atoms in total. The molecule has 1 atom stereocenters. The van der Waals surface area contributed by atoms with E-state index in [2.05, 4.69) is 10.6 Å². The standard InChI is InChI=1S/C13H15FN2O/c14-9-4-5-10-11(6-9)16-13(17)12(10)15-7-8-2-1-3-8/h4-6,8,12,15H,1-3,7H2,(H,16,17). The first kappa shape index (κ1) is 10.7. The maximum atomic E-state index is 13.0. The van der Waals surface area contributed by atoms with Crippen LogP contribution in [0.25, 0.3) is 0 Å². The van der Waals surface area contributed by atoms with Gasteiger partial charge in [0.2, 0.25) is 5.91 Å². The number of anilines is 1. The third-order valence-electron chi connectivity index (χ3n) is 3.68. The van der Waals surface area contributed by atoms with Gasteiger partial charge in [0.1, 0.15) is 11.9 Å². The lowest BCUT2D eigenvalue weighted by molar-refractivity contribution is -0.117. The van der Waals surface area contributed by atoms with Crippen LogP contribution in [0.1, 0.15) is 30.9 Å². The Morgan fingerprint density at radius 1 is 1.41 bits per heavy atom. The van der Waals surface area contributed by atoms with E-state index in [4.69, 9.17) is 0 Å². The minimum Gasteiger partial charge on any atom is -0.324 e. The maximum absolute atomic E-state index is 13.0. The third-order valence-corrected chi connectivity index (χ3v) is 3.68. The van der Waals surface area contributed by atoms with Gasteiger partial charge in [-0.05, 0) is 37.4 Å². The van der Waals surface area contributed by atoms with E-state index in [9.17, 15) is 9.18 Å². The zero-order valence-electron chi connectivity index (χ0n) is 9.50. The summed E-state index contributed by atoms with van der Waals surface area (Å²) in [6.07, 6.45) is 3.79. The van der Waals surface area contributed by atoms with Crippen LogP contribution < -0.4 is 10.6 Å². The minimum absolute atomic E-state index is 0.0788. The minimum atomic E-state index is -0.316. The van der Waals surface area contributed by atoms with E-state index in [1.807, 2.05) is 0 Å². The lowest BCUT2D eigenvalue weighted by Gasteiger charge is -2.26. The predicted molar refractivity (Wildman–Crippen MR) is 63.1 cm³/mol. The van der Waals surface area contributed by atoms with Crippen LogP contribution in [-0.2, 0) is 4.79 Å². The number of amides is 1. The molecular formula is C13H15FN2O. The summed E-state index contributed by atoms with van der Waals surface area (Å²) < 4.78 is 13.0. The molecule has 0 saturated heterocycles. The molecule has 1 fully saturated rings. The fourth-order valence-electron chi connectivity index (χ4n) is 2.42. The van der Waals surface area contributed by atoms with Crippen LogP contribution in [0.15, 0.2) is 18.2 Å². The Kier molecular flexibility index (Phi) is 2.59. The number of halogens is 1. The fraction of sp³-hybridized carbons (Fsp3) is 0.462. The first-order chi connectivity index (χ1) is 8.24. The monoisotopic (exact) mass is 234 g/mol. The molecule has 0 aromatic heterocycles. The molecule has 1 heterocycles. The van der Waals surface area contributed by atoms with Crippen LogP contribution in [0.3, 0.4) is 0 Å². The number of nitrogens with one attached hydrogen (secondary N) is 2. The number of fused-ring (bicyclic) bond motifs is 1. The van der Waals surface area contributed by atoms with E-state index in [-0.39, 0.29) is 17.8 Å². The Labute approximate surface area is 99.4 Å². The molecule has 1 aromatic rings. The van der Waals surface area contributed by atoms with Gasteiger partial charge in [-0.25, -0.2) is 4.39 Å². The molecule has 1 saturated carbocycles. The normalized spacial score (nSPS) is 23.1. The van der Waals surface area contributed by atoms with Gasteiger partial charge in [-0.2, -0.15) is 0 Å². The highest BCUT2D eigenvalue weighted by Gasteiger charge is 2.31. The van der Waals surface area contributed by atoms with Crippen molar-refractivity contribution in [1.82, 2.24) is 5.32 Å². The average molecular weight is 234 g/mol. The van der Waals surface area contributed by atoms with Crippen LogP contribution in [0.5, 0.6) is 0 Å². The van der Waals surface area contributed by atoms with Crippen molar-refractivity contribution in [2.45, 2.75) is 25.3 Å². The van der Waals surface area contributed by atoms with E-state index >= 15 is 0 Å². The number of hydrogen-bond acceptors (Lipinski definition) is 2. The smallest absolute Gasteiger partial charge is 0.246 e. The summed E-state index contributed by atoms with van der Waals surface area (Å²) in [7, 11) is 0. The molecule has 17 heavy (non-hydrogen) atoms. The van der Waals surface area contributed by atoms with Crippen molar-refractivity contribution in [3.63, 3.8) is 0 Å². The van der Waals surface area contributed by atoms with Gasteiger partial charge in [-0.1, -0.05) is 12.5 Å². The predicted octanol–water partition coefficient (Wildman–Crippen LogP) is 2.21. The molecule has 2 N–H and O–H groups in total. The van der Waals surface area contributed by atoms with Crippen molar-refractivity contribution in [2.75, 3.05) is 11.9 Å². The van der Waals surface area contributed by atoms with Gasteiger partial charge in [0.15, 0.2) is 0 Å². The van der Waals surface area contributed by atoms with E-state index in [0.717, 1.165) is 12.1 Å². The van der Waals surface area contributed by atoms with Gasteiger partial charge >= 0.3 is 0 Å². The third kappa shape index (κ3) is 1.93. The van der Waals surface area contributed by atoms with E-state index < -0.39 is 0 Å². The molecule has 1 aromatic carbocycles. The van der Waals surface area contributed by atoms with Crippen LogP contribution in [0, 0.1) is 11.7 Å². The van der Waals surface area contributed by atoms with E-state index in [1.54, 1.807) is 6.07 Å². The molecule has 1 aliphatic heterocycles. The van der Waals surface area contributed by atoms with Gasteiger partial charge in [0.05, 0.1) is 0 Å². The first-order valence-corrected chi connectivity index (χ1v) is 6.08. The molecule has 1 aliphatic carbocycles. The molecule has 3 rings (SSSR count). The lowest BCUT2D eigenvalue weighted by Crippen LogP contribution is -2.33. The first-order valence-electron chi connectivity index (χ1n) is 6.08. The van der Waals surface area contributed by atoms with Crippen molar-refractivity contribution in [3.8, 4) is 0 Å². The maximum Gasteiger partial charge on any atom is 0.246 e. The summed E-state index contributed by atoms with van der Waals surface area (Å²) in [4.78, 5) is 11.8. The van der Waals surface area contributed by atoms with E-state index in [0.29, 0.717) is 11.6 Å². The Hall–Kier alpha value is -1.42. The van der Waals surface area contributed by atoms with Crippen LogP contribution in [-0.4, -0.2) is 12.5 Å². The summed E-state index contributed by atoms with van der Waals surface area (Å²) in [5, 5.41) is 5.98. The summed E-state index contributed by atoms with van der Waals surface area (Å²) in [6.45, 7) is 0.870. The van der Waals surface area contributed by atoms with Crippen LogP contribution in [0.4, 0.5) is 10.1 Å². The van der Waals surface area contributed by atoms with Gasteiger partial charge < -0.3 is 10.6 Å². The number of hydrogen-bond donors (Lipinski definition) is 2. The van der Waals surface area contributed by atoms with Crippen molar-refractivity contribution < 1.29 is 9.18 Å². The lowest BCUT2D eigenvalue weighted by atomic mass is 9.85. The topological polar surface area (TPSA) is 41.1 Å². The highest BCUT2D eigenvalue weighted by atomic mass is 19.1. The summed E-state index contributed by atoms with van der Waals surface area (Å²) in [6, 6.07) is 4.14. The molecule has 1 amide bonds. The molecule has 0 spiro atoms. The van der Waals surface area contributed by atoms with Gasteiger partial charge in [-0.3, -0.25) is 4.79 Å². The zero-order chi connectivity index (χ0) is 11.8. The molecule has 2 aliphatic rings. The van der Waals surface area contributed by atoms with Crippen LogP contribution in [0.2, 0.25) is 0 Å². The summed E-state index contributed by atoms with van der Waals surface area (Å²) >= 11 is 0. The quantitative estimate of drug-likeness (QED) is 0.841. The molecule has 1 unspecified atom stereocenters. The van der Waals surface area contributed by atoms with E-state index in [1.165, 1.54) is 31.4 Å². The van der Waals surface area contributed by atoms with Crippen molar-refractivity contribution >= 4 is 11.6 Å². The highest BCUT2D eigenvalue weighted by molar-refractivity contribution is 6.02.